The Bertz CT molecular complexity index is 1420. The molecule has 0 aliphatic carbocycles. The number of fused-ring (bicyclic) bond motifs is 1. The Morgan fingerprint density at radius 2 is 1.86 bits per heavy atom. The topological polar surface area (TPSA) is 85.4 Å². The Morgan fingerprint density at radius 3 is 2.59 bits per heavy atom. The fourth-order valence-electron chi connectivity index (χ4n) is 4.42. The van der Waals surface area contributed by atoms with E-state index in [2.05, 4.69) is 39.4 Å². The van der Waals surface area contributed by atoms with Crippen molar-refractivity contribution in [3.63, 3.8) is 0 Å². The first-order valence-corrected chi connectivity index (χ1v) is 13.1. The first kappa shape index (κ1) is 25.4. The fraction of sp³-hybridized carbons (Fsp3) is 0.333. The molecule has 1 N–H and O–H groups in total. The van der Waals surface area contributed by atoms with Crippen LogP contribution in [0.4, 0.5) is 5.95 Å². The van der Waals surface area contributed by atoms with E-state index in [9.17, 15) is 0 Å². The van der Waals surface area contributed by atoms with Crippen LogP contribution in [0.2, 0.25) is 10.0 Å². The number of pyridine rings is 1. The Morgan fingerprint density at radius 1 is 1.03 bits per heavy atom. The summed E-state index contributed by atoms with van der Waals surface area (Å²) in [5.41, 5.74) is 4.90. The molecule has 8 nitrogen and oxygen atoms in total. The second-order valence-corrected chi connectivity index (χ2v) is 10.2. The van der Waals surface area contributed by atoms with Crippen molar-refractivity contribution < 1.29 is 0 Å². The monoisotopic (exact) mass is 534 g/mol. The van der Waals surface area contributed by atoms with Gasteiger partial charge in [0, 0.05) is 74.0 Å². The van der Waals surface area contributed by atoms with Crippen molar-refractivity contribution in [2.45, 2.75) is 19.4 Å². The van der Waals surface area contributed by atoms with Gasteiger partial charge in [0.1, 0.15) is 11.7 Å². The number of anilines is 1. The van der Waals surface area contributed by atoms with Gasteiger partial charge in [-0.05, 0) is 50.2 Å². The Balaban J connectivity index is 1.37. The second kappa shape index (κ2) is 11.4. The average Bonchev–Trinajstić information content (AvgIpc) is 3.30. The van der Waals surface area contributed by atoms with Crippen LogP contribution in [0.3, 0.4) is 0 Å². The van der Waals surface area contributed by atoms with Crippen LogP contribution in [0.1, 0.15) is 23.4 Å². The highest BCUT2D eigenvalue weighted by atomic mass is 35.5. The van der Waals surface area contributed by atoms with Gasteiger partial charge in [0.05, 0.1) is 22.0 Å². The van der Waals surface area contributed by atoms with Gasteiger partial charge in [-0.15, -0.1) is 0 Å². The van der Waals surface area contributed by atoms with Gasteiger partial charge < -0.3 is 10.2 Å². The molecule has 1 aliphatic heterocycles. The van der Waals surface area contributed by atoms with Gasteiger partial charge >= 0.3 is 0 Å². The van der Waals surface area contributed by atoms with E-state index in [1.807, 2.05) is 28.7 Å². The van der Waals surface area contributed by atoms with E-state index < -0.39 is 0 Å². The number of rotatable bonds is 8. The highest BCUT2D eigenvalue weighted by Crippen LogP contribution is 2.31. The number of likely N-dealkylation sites (N-methyl/N-ethyl adjacent to an activating group) is 1. The first-order chi connectivity index (χ1) is 18.0. The molecule has 0 bridgehead atoms. The van der Waals surface area contributed by atoms with E-state index in [1.165, 1.54) is 0 Å². The SMILES string of the molecule is CN1CCN(Cc2cn3c(NCCCc4ccc(C#N)cn4)nc(-c4ccc(Cl)cc4Cl)cc3n2)CC1. The maximum absolute atomic E-state index is 8.96. The van der Waals surface area contributed by atoms with Crippen LogP contribution < -0.4 is 5.32 Å². The zero-order valence-electron chi connectivity index (χ0n) is 20.7. The van der Waals surface area contributed by atoms with Gasteiger partial charge in [-0.2, -0.15) is 5.26 Å². The third-order valence-electron chi connectivity index (χ3n) is 6.54. The van der Waals surface area contributed by atoms with E-state index >= 15 is 0 Å². The van der Waals surface area contributed by atoms with Crippen LogP contribution in [0.15, 0.2) is 48.8 Å². The third kappa shape index (κ3) is 6.20. The molecule has 1 aromatic carbocycles. The van der Waals surface area contributed by atoms with Gasteiger partial charge in [-0.25, -0.2) is 9.97 Å². The summed E-state index contributed by atoms with van der Waals surface area (Å²) < 4.78 is 2.01. The minimum absolute atomic E-state index is 0.548. The lowest BCUT2D eigenvalue weighted by molar-refractivity contribution is 0.147. The van der Waals surface area contributed by atoms with Crippen molar-refractivity contribution in [3.05, 3.63) is 75.8 Å². The zero-order valence-corrected chi connectivity index (χ0v) is 22.2. The molecule has 0 radical (unpaired) electrons. The summed E-state index contributed by atoms with van der Waals surface area (Å²) in [6.45, 7) is 5.69. The lowest BCUT2D eigenvalue weighted by atomic mass is 10.1. The lowest BCUT2D eigenvalue weighted by Gasteiger charge is -2.31. The summed E-state index contributed by atoms with van der Waals surface area (Å²) in [6, 6.07) is 13.2. The number of hydrogen-bond acceptors (Lipinski definition) is 7. The standard InChI is InChI=1S/C27H28Cl2N8/c1-35-9-11-36(12-10-35)17-22-18-37-26(33-22)14-25(23-7-5-20(28)13-24(23)29)34-27(37)31-8-2-3-21-6-4-19(15-30)16-32-21/h4-7,13-14,16,18H,2-3,8-12,17H2,1H3,(H,31,34). The Kier molecular flexibility index (Phi) is 7.87. The number of nitrogens with one attached hydrogen (secondary N) is 1. The predicted molar refractivity (Wildman–Crippen MR) is 147 cm³/mol. The van der Waals surface area contributed by atoms with Crippen LogP contribution in [0.25, 0.3) is 16.9 Å². The normalized spacial score (nSPS) is 14.6. The van der Waals surface area contributed by atoms with Crippen molar-refractivity contribution in [1.29, 1.82) is 5.26 Å². The fourth-order valence-corrected chi connectivity index (χ4v) is 4.92. The van der Waals surface area contributed by atoms with Crippen LogP contribution in [0, 0.1) is 11.3 Å². The largest absolute Gasteiger partial charge is 0.355 e. The molecule has 0 saturated carbocycles. The molecule has 0 amide bonds. The quantitative estimate of drug-likeness (QED) is 0.326. The average molecular weight is 535 g/mol. The highest BCUT2D eigenvalue weighted by molar-refractivity contribution is 6.36. The molecule has 10 heteroatoms. The molecule has 37 heavy (non-hydrogen) atoms. The summed E-state index contributed by atoms with van der Waals surface area (Å²) >= 11 is 12.6. The summed E-state index contributed by atoms with van der Waals surface area (Å²) in [4.78, 5) is 19.0. The lowest BCUT2D eigenvalue weighted by Crippen LogP contribution is -2.43. The first-order valence-electron chi connectivity index (χ1n) is 12.3. The molecule has 190 valence electrons. The van der Waals surface area contributed by atoms with E-state index in [4.69, 9.17) is 38.4 Å². The van der Waals surface area contributed by atoms with Crippen LogP contribution >= 0.6 is 23.2 Å². The van der Waals surface area contributed by atoms with Crippen molar-refractivity contribution in [2.24, 2.45) is 0 Å². The van der Waals surface area contributed by atoms with Gasteiger partial charge in [0.15, 0.2) is 0 Å². The number of halogens is 2. The Labute approximate surface area is 226 Å². The molecule has 0 atom stereocenters. The number of piperazine rings is 1. The summed E-state index contributed by atoms with van der Waals surface area (Å²) in [5.74, 6) is 0.712. The summed E-state index contributed by atoms with van der Waals surface area (Å²) in [5, 5.41) is 13.6. The zero-order chi connectivity index (χ0) is 25.8. The number of aromatic nitrogens is 4. The van der Waals surface area contributed by atoms with Crippen molar-refractivity contribution in [3.8, 4) is 17.3 Å². The molecular formula is C27H28Cl2N8. The van der Waals surface area contributed by atoms with Crippen LogP contribution in [0.5, 0.6) is 0 Å². The minimum Gasteiger partial charge on any atom is -0.355 e. The predicted octanol–water partition coefficient (Wildman–Crippen LogP) is 4.76. The number of benzene rings is 1. The maximum atomic E-state index is 8.96. The molecule has 1 saturated heterocycles. The summed E-state index contributed by atoms with van der Waals surface area (Å²) in [6.07, 6.45) is 5.33. The van der Waals surface area contributed by atoms with Crippen LogP contribution in [-0.2, 0) is 13.0 Å². The molecule has 0 unspecified atom stereocenters. The molecular weight excluding hydrogens is 507 g/mol. The van der Waals surface area contributed by atoms with Crippen LogP contribution in [-0.4, -0.2) is 68.9 Å². The van der Waals surface area contributed by atoms with E-state index in [0.29, 0.717) is 28.1 Å². The second-order valence-electron chi connectivity index (χ2n) is 9.31. The van der Waals surface area contributed by atoms with Gasteiger partial charge in [-0.1, -0.05) is 23.2 Å². The van der Waals surface area contributed by atoms with Crippen molar-refractivity contribution >= 4 is 34.8 Å². The van der Waals surface area contributed by atoms with Gasteiger partial charge in [-0.3, -0.25) is 14.3 Å². The molecule has 4 aromatic rings. The molecule has 4 heterocycles. The molecule has 1 aliphatic rings. The summed E-state index contributed by atoms with van der Waals surface area (Å²) in [7, 11) is 2.16. The number of aryl methyl sites for hydroxylation is 1. The van der Waals surface area contributed by atoms with Gasteiger partial charge in [0.25, 0.3) is 0 Å². The molecule has 5 rings (SSSR count). The number of imidazole rings is 1. The minimum atomic E-state index is 0.548. The number of nitrogens with zero attached hydrogens (tertiary/aromatic N) is 7. The Hall–Kier alpha value is -3.22. The smallest absolute Gasteiger partial charge is 0.209 e. The van der Waals surface area contributed by atoms with E-state index in [0.717, 1.165) is 73.9 Å². The van der Waals surface area contributed by atoms with E-state index in [1.54, 1.807) is 18.3 Å². The van der Waals surface area contributed by atoms with Crippen molar-refractivity contribution in [1.82, 2.24) is 29.2 Å². The van der Waals surface area contributed by atoms with E-state index in [-0.39, 0.29) is 0 Å². The number of nitriles is 1. The van der Waals surface area contributed by atoms with Gasteiger partial charge in [0.2, 0.25) is 5.95 Å². The highest BCUT2D eigenvalue weighted by Gasteiger charge is 2.17. The maximum Gasteiger partial charge on any atom is 0.209 e. The molecule has 3 aromatic heterocycles. The third-order valence-corrected chi connectivity index (χ3v) is 7.09. The van der Waals surface area contributed by atoms with Crippen molar-refractivity contribution in [2.75, 3.05) is 45.1 Å². The number of hydrogen-bond donors (Lipinski definition) is 1. The molecule has 0 spiro atoms. The molecule has 1 fully saturated rings.